The Morgan fingerprint density at radius 1 is 0.794 bits per heavy atom. The molecule has 68 heavy (non-hydrogen) atoms. The van der Waals surface area contributed by atoms with Crippen LogP contribution in [0, 0.1) is 17.8 Å². The summed E-state index contributed by atoms with van der Waals surface area (Å²) in [6, 6.07) is 2.86. The Bertz CT molecular complexity index is 2240. The lowest BCUT2D eigenvalue weighted by molar-refractivity contribution is -0.157. The number of hydrogen-bond donors (Lipinski definition) is 3. The van der Waals surface area contributed by atoms with Crippen molar-refractivity contribution in [1.29, 1.82) is 0 Å². The highest BCUT2D eigenvalue weighted by Crippen LogP contribution is 2.52. The van der Waals surface area contributed by atoms with Gasteiger partial charge < -0.3 is 54.3 Å². The average Bonchev–Trinajstić information content (AvgIpc) is 3.63. The summed E-state index contributed by atoms with van der Waals surface area (Å²) in [5.74, 6) is -1.89. The SMILES string of the molecule is CCOC(=O)[C@H](C)NC(=O)OCOP(=O)(Cc1ccc2sc(C(=O)N[C@H]3C[C@@H]4C[C@@H]4C[C@H]4CC[C@@H](C(=O)N5CC(C(=O)N6CCOCC6)C5)N4C3=O)cc2c1)OCOC(=O)N[C@@H](C)C(=O)OCC. The zero-order chi connectivity index (χ0) is 48.7. The van der Waals surface area contributed by atoms with Crippen LogP contribution in [0.3, 0.4) is 0 Å². The molecule has 1 aliphatic carbocycles. The summed E-state index contributed by atoms with van der Waals surface area (Å²) >= 11 is 1.19. The monoisotopic (exact) mass is 990 g/mol. The van der Waals surface area contributed by atoms with Crippen molar-refractivity contribution in [1.82, 2.24) is 30.7 Å². The van der Waals surface area contributed by atoms with E-state index in [1.165, 1.54) is 25.2 Å². The Morgan fingerprint density at radius 2 is 1.41 bits per heavy atom. The van der Waals surface area contributed by atoms with Gasteiger partial charge in [-0.2, -0.15) is 0 Å². The minimum Gasteiger partial charge on any atom is -0.464 e. The molecule has 7 rings (SSSR count). The van der Waals surface area contributed by atoms with Crippen molar-refractivity contribution in [3.8, 4) is 0 Å². The van der Waals surface area contributed by atoms with Crippen LogP contribution < -0.4 is 16.0 Å². The summed E-state index contributed by atoms with van der Waals surface area (Å²) in [6.45, 7) is 7.01. The van der Waals surface area contributed by atoms with Gasteiger partial charge in [0.05, 0.1) is 43.4 Å². The van der Waals surface area contributed by atoms with Gasteiger partial charge in [0, 0.05) is 36.9 Å². The summed E-state index contributed by atoms with van der Waals surface area (Å²) in [5.41, 5.74) is 0.399. The molecule has 0 unspecified atom stereocenters. The van der Waals surface area contributed by atoms with Crippen LogP contribution in [0.15, 0.2) is 24.3 Å². The lowest BCUT2D eigenvalue weighted by Crippen LogP contribution is -2.62. The summed E-state index contributed by atoms with van der Waals surface area (Å²) < 4.78 is 50.7. The number of nitrogens with zero attached hydrogens (tertiary/aromatic N) is 3. The Morgan fingerprint density at radius 3 is 2.03 bits per heavy atom. The van der Waals surface area contributed by atoms with Gasteiger partial charge >= 0.3 is 31.7 Å². The largest absolute Gasteiger partial charge is 0.464 e. The van der Waals surface area contributed by atoms with Crippen molar-refractivity contribution in [2.24, 2.45) is 17.8 Å². The first-order valence-corrected chi connectivity index (χ1v) is 25.5. The molecule has 4 aliphatic heterocycles. The van der Waals surface area contributed by atoms with Gasteiger partial charge in [0.25, 0.3) is 5.91 Å². The minimum absolute atomic E-state index is 0.0225. The number of amides is 6. The number of esters is 2. The number of hydrogen-bond acceptors (Lipinski definition) is 17. The van der Waals surface area contributed by atoms with Gasteiger partial charge in [0.1, 0.15) is 24.2 Å². The molecule has 5 aliphatic rings. The summed E-state index contributed by atoms with van der Waals surface area (Å²) in [7, 11) is -4.31. The van der Waals surface area contributed by atoms with Gasteiger partial charge in [-0.15, -0.1) is 11.3 Å². The molecule has 1 aromatic heterocycles. The van der Waals surface area contributed by atoms with E-state index in [1.54, 1.807) is 52.8 Å². The topological polar surface area (TPSA) is 264 Å². The van der Waals surface area contributed by atoms with E-state index in [1.807, 2.05) is 0 Å². The van der Waals surface area contributed by atoms with Gasteiger partial charge in [-0.3, -0.25) is 32.8 Å². The summed E-state index contributed by atoms with van der Waals surface area (Å²) in [6.07, 6.45) is 0.833. The zero-order valence-corrected chi connectivity index (χ0v) is 40.2. The van der Waals surface area contributed by atoms with E-state index in [2.05, 4.69) is 16.0 Å². The van der Waals surface area contributed by atoms with Crippen LogP contribution in [0.25, 0.3) is 10.1 Å². The lowest BCUT2D eigenvalue weighted by atomic mass is 9.96. The highest BCUT2D eigenvalue weighted by Gasteiger charge is 2.53. The minimum atomic E-state index is -4.31. The van der Waals surface area contributed by atoms with Crippen molar-refractivity contribution in [3.63, 3.8) is 0 Å². The molecule has 3 N–H and O–H groups in total. The Labute approximate surface area is 396 Å². The number of morpholine rings is 1. The maximum atomic E-state index is 14.4. The number of fused-ring (bicyclic) bond motifs is 3. The van der Waals surface area contributed by atoms with Crippen LogP contribution in [-0.2, 0) is 67.4 Å². The molecule has 0 bridgehead atoms. The Balaban J connectivity index is 0.988. The third-order valence-electron chi connectivity index (χ3n) is 12.7. The van der Waals surface area contributed by atoms with E-state index in [4.69, 9.17) is 32.7 Å². The van der Waals surface area contributed by atoms with E-state index < -0.39 is 81.5 Å². The standard InChI is InChI=1S/C44H59N6O16PS/c1-5-61-41(55)25(3)45-43(57)63-23-65-67(59,66-24-64-44(58)46-26(4)42(56)62-6-2)22-27-7-10-35-30(15-27)19-36(68-35)37(51)47-33-18-29-16-28(29)17-32-8-9-34(50(32)39(33)53)40(54)49-20-31(21-49)38(52)48-11-13-60-14-12-48/h7,10,15,19,25-26,28-29,31-34H,5-6,8-9,11-14,16-18,20-24H2,1-4H3,(H,45,57)(H,46,58)(H,47,51)/t25-,26-,28+,29-,32+,33-,34-/m0/s1. The fraction of sp³-hybridized carbons (Fsp3) is 0.636. The van der Waals surface area contributed by atoms with Crippen LogP contribution >= 0.6 is 18.9 Å². The predicted octanol–water partition coefficient (Wildman–Crippen LogP) is 3.10. The number of nitrogens with one attached hydrogen (secondary N) is 3. The lowest BCUT2D eigenvalue weighted by Gasteiger charge is -2.44. The van der Waals surface area contributed by atoms with Crippen LogP contribution in [0.5, 0.6) is 0 Å². The molecule has 0 spiro atoms. The molecule has 6 amide bonds. The molecule has 1 saturated carbocycles. The average molecular weight is 991 g/mol. The molecule has 2 aromatic rings. The first-order chi connectivity index (χ1) is 32.6. The Kier molecular flexibility index (Phi) is 16.6. The number of carbonyl (C=O) groups is 8. The maximum Gasteiger partial charge on any atom is 0.409 e. The number of carbonyl (C=O) groups excluding carboxylic acids is 8. The van der Waals surface area contributed by atoms with E-state index in [0.717, 1.165) is 12.8 Å². The van der Waals surface area contributed by atoms with E-state index >= 15 is 0 Å². The molecule has 5 heterocycles. The first kappa shape index (κ1) is 50.5. The molecule has 1 aromatic carbocycles. The van der Waals surface area contributed by atoms with Gasteiger partial charge in [0.2, 0.25) is 31.3 Å². The number of likely N-dealkylation sites (tertiary alicyclic amines) is 1. The molecule has 22 nitrogen and oxygen atoms in total. The molecular weight excluding hydrogens is 932 g/mol. The molecule has 372 valence electrons. The van der Waals surface area contributed by atoms with Crippen molar-refractivity contribution in [2.75, 3.05) is 66.2 Å². The molecule has 5 fully saturated rings. The van der Waals surface area contributed by atoms with E-state index in [-0.39, 0.29) is 48.8 Å². The second-order valence-electron chi connectivity index (χ2n) is 17.5. The number of rotatable bonds is 18. The molecule has 7 atom stereocenters. The van der Waals surface area contributed by atoms with Crippen LogP contribution in [0.4, 0.5) is 9.59 Å². The van der Waals surface area contributed by atoms with Crippen molar-refractivity contribution in [2.45, 2.75) is 96.2 Å². The van der Waals surface area contributed by atoms with Gasteiger partial charge in [-0.25, -0.2) is 19.2 Å². The summed E-state index contributed by atoms with van der Waals surface area (Å²) in [5, 5.41) is 8.10. The molecule has 0 radical (unpaired) electrons. The second-order valence-corrected chi connectivity index (χ2v) is 20.6. The smallest absolute Gasteiger partial charge is 0.409 e. The second kappa shape index (κ2) is 22.4. The number of benzene rings is 1. The van der Waals surface area contributed by atoms with Gasteiger partial charge in [0.15, 0.2) is 0 Å². The van der Waals surface area contributed by atoms with Crippen LogP contribution in [0.2, 0.25) is 0 Å². The third-order valence-corrected chi connectivity index (χ3v) is 15.6. The van der Waals surface area contributed by atoms with Crippen LogP contribution in [-0.4, -0.2) is 159 Å². The van der Waals surface area contributed by atoms with Gasteiger partial charge in [-0.1, -0.05) is 6.07 Å². The summed E-state index contributed by atoms with van der Waals surface area (Å²) in [4.78, 5) is 109. The highest BCUT2D eigenvalue weighted by molar-refractivity contribution is 7.53. The number of thiophene rings is 1. The number of ether oxygens (including phenoxy) is 5. The van der Waals surface area contributed by atoms with E-state index in [9.17, 15) is 42.9 Å². The fourth-order valence-electron chi connectivity index (χ4n) is 8.99. The molecular formula is C44H59N6O16PS. The fourth-order valence-corrected chi connectivity index (χ4v) is 11.3. The number of alkyl carbamates (subject to hydrolysis) is 2. The molecule has 24 heteroatoms. The van der Waals surface area contributed by atoms with E-state index in [0.29, 0.717) is 85.1 Å². The third kappa shape index (κ3) is 12.5. The van der Waals surface area contributed by atoms with Crippen molar-refractivity contribution in [3.05, 3.63) is 34.7 Å². The molecule has 4 saturated heterocycles. The first-order valence-electron chi connectivity index (χ1n) is 22.9. The highest BCUT2D eigenvalue weighted by atomic mass is 32.1. The predicted molar refractivity (Wildman–Crippen MR) is 240 cm³/mol. The van der Waals surface area contributed by atoms with Gasteiger partial charge in [-0.05, 0) is 101 Å². The Hall–Kier alpha value is -5.35. The van der Waals surface area contributed by atoms with Crippen LogP contribution in [0.1, 0.15) is 75.0 Å². The quantitative estimate of drug-likeness (QED) is 0.0839. The zero-order valence-electron chi connectivity index (χ0n) is 38.5. The normalized spacial score (nSPS) is 23.4. The maximum absolute atomic E-state index is 14.4. The van der Waals surface area contributed by atoms with Crippen molar-refractivity contribution >= 4 is 76.8 Å². The van der Waals surface area contributed by atoms with Crippen molar-refractivity contribution < 1.29 is 75.7 Å².